The Bertz CT molecular complexity index is 1260. The summed E-state index contributed by atoms with van der Waals surface area (Å²) >= 11 is 0. The summed E-state index contributed by atoms with van der Waals surface area (Å²) in [4.78, 5) is 16.6. The zero-order valence-corrected chi connectivity index (χ0v) is 23.5. The summed E-state index contributed by atoms with van der Waals surface area (Å²) in [5.41, 5.74) is 1.50. The molecule has 0 bridgehead atoms. The van der Waals surface area contributed by atoms with E-state index in [9.17, 15) is 13.6 Å². The highest BCUT2D eigenvalue weighted by Crippen LogP contribution is 2.38. The van der Waals surface area contributed by atoms with E-state index < -0.39 is 32.2 Å². The van der Waals surface area contributed by atoms with Gasteiger partial charge >= 0.3 is 5.92 Å². The van der Waals surface area contributed by atoms with Gasteiger partial charge < -0.3 is 14.5 Å². The van der Waals surface area contributed by atoms with Crippen LogP contribution in [0.3, 0.4) is 0 Å². The van der Waals surface area contributed by atoms with Crippen molar-refractivity contribution >= 4 is 25.1 Å². The molecule has 200 valence electrons. The molecule has 1 aliphatic rings. The molecule has 2 atom stereocenters. The summed E-state index contributed by atoms with van der Waals surface area (Å²) in [7, 11) is -2.03. The highest BCUT2D eigenvalue weighted by molar-refractivity contribution is 6.74. The largest absolute Gasteiger partial charge is 0.543 e. The van der Waals surface area contributed by atoms with Crippen molar-refractivity contribution in [3.8, 4) is 11.6 Å². The Morgan fingerprint density at radius 2 is 1.84 bits per heavy atom. The standard InChI is InChI=1S/C27H36F2N4O3Si/c1-17(32-25(34)27(5,28)29)24(18-8-13-23(30-15-18)35-20-9-10-20)33-22-12-11-21(14-19(22)16-31-33)36-37(6,7)26(2,3)4/h8,11-17,20,24H,9-10H2,1-7H3,(H,32,34)/t17-,24-/m0/s1. The molecule has 0 aliphatic heterocycles. The van der Waals surface area contributed by atoms with Gasteiger partial charge in [0.15, 0.2) is 0 Å². The molecule has 37 heavy (non-hydrogen) atoms. The van der Waals surface area contributed by atoms with E-state index in [0.717, 1.165) is 29.5 Å². The number of fused-ring (bicyclic) bond motifs is 1. The fourth-order valence-corrected chi connectivity index (χ4v) is 4.83. The van der Waals surface area contributed by atoms with E-state index in [1.807, 2.05) is 24.3 Å². The molecule has 0 saturated heterocycles. The number of rotatable bonds is 9. The predicted molar refractivity (Wildman–Crippen MR) is 142 cm³/mol. The van der Waals surface area contributed by atoms with E-state index in [4.69, 9.17) is 9.16 Å². The number of aromatic nitrogens is 3. The van der Waals surface area contributed by atoms with Crippen LogP contribution in [0.25, 0.3) is 10.9 Å². The lowest BCUT2D eigenvalue weighted by molar-refractivity contribution is -0.143. The number of amides is 1. The smallest absolute Gasteiger partial charge is 0.321 e. The lowest BCUT2D eigenvalue weighted by atomic mass is 10.0. The Morgan fingerprint density at radius 3 is 2.41 bits per heavy atom. The molecule has 1 fully saturated rings. The number of ether oxygens (including phenoxy) is 1. The predicted octanol–water partition coefficient (Wildman–Crippen LogP) is 6.11. The van der Waals surface area contributed by atoms with E-state index in [-0.39, 0.29) is 11.1 Å². The lowest BCUT2D eigenvalue weighted by Crippen LogP contribution is -2.46. The van der Waals surface area contributed by atoms with E-state index in [2.05, 4.69) is 49.3 Å². The van der Waals surface area contributed by atoms with Crippen molar-refractivity contribution in [3.63, 3.8) is 0 Å². The van der Waals surface area contributed by atoms with E-state index in [0.29, 0.717) is 18.4 Å². The zero-order chi connectivity index (χ0) is 27.2. The second-order valence-corrected chi connectivity index (χ2v) is 16.2. The summed E-state index contributed by atoms with van der Waals surface area (Å²) in [6.45, 7) is 13.2. The Morgan fingerprint density at radius 1 is 1.14 bits per heavy atom. The number of carbonyl (C=O) groups excluding carboxylic acids is 1. The van der Waals surface area contributed by atoms with Gasteiger partial charge in [-0.15, -0.1) is 0 Å². The van der Waals surface area contributed by atoms with Crippen molar-refractivity contribution in [1.82, 2.24) is 20.1 Å². The fourth-order valence-electron chi connectivity index (χ4n) is 3.81. The molecule has 1 N–H and O–H groups in total. The first kappa shape index (κ1) is 27.0. The summed E-state index contributed by atoms with van der Waals surface area (Å²) < 4.78 is 41.4. The van der Waals surface area contributed by atoms with Gasteiger partial charge in [-0.25, -0.2) is 4.98 Å². The molecule has 2 heterocycles. The van der Waals surface area contributed by atoms with Gasteiger partial charge in [0.1, 0.15) is 11.9 Å². The van der Waals surface area contributed by atoms with Crippen LogP contribution < -0.4 is 14.5 Å². The highest BCUT2D eigenvalue weighted by Gasteiger charge is 2.39. The topological polar surface area (TPSA) is 78.3 Å². The molecule has 0 spiro atoms. The Hall–Kier alpha value is -3.01. The number of nitrogens with zero attached hydrogens (tertiary/aromatic N) is 3. The Kier molecular flexibility index (Phi) is 7.09. The first-order valence-corrected chi connectivity index (χ1v) is 15.5. The van der Waals surface area contributed by atoms with Gasteiger partial charge in [-0.2, -0.15) is 13.9 Å². The minimum atomic E-state index is -3.50. The first-order valence-electron chi connectivity index (χ1n) is 12.6. The SMILES string of the molecule is C[C@H](NC(=O)C(C)(F)F)[C@@H](c1ccc(OC2CC2)nc1)n1ncc2cc(O[Si](C)(C)C(C)(C)C)ccc21. The number of hydrogen-bond donors (Lipinski definition) is 1. The molecule has 0 radical (unpaired) electrons. The number of pyridine rings is 1. The van der Waals surface area contributed by atoms with Crippen molar-refractivity contribution in [2.45, 2.75) is 89.7 Å². The number of benzene rings is 1. The van der Waals surface area contributed by atoms with Crippen LogP contribution >= 0.6 is 0 Å². The van der Waals surface area contributed by atoms with Gasteiger partial charge in [0.25, 0.3) is 5.91 Å². The van der Waals surface area contributed by atoms with E-state index in [1.54, 1.807) is 30.1 Å². The average molecular weight is 531 g/mol. The number of nitrogens with one attached hydrogen (secondary N) is 1. The normalized spacial score (nSPS) is 16.4. The molecular weight excluding hydrogens is 494 g/mol. The minimum absolute atomic E-state index is 0.0502. The summed E-state index contributed by atoms with van der Waals surface area (Å²) in [5.74, 6) is -3.56. The zero-order valence-electron chi connectivity index (χ0n) is 22.5. The maximum Gasteiger partial charge on any atom is 0.321 e. The maximum atomic E-state index is 13.7. The summed E-state index contributed by atoms with van der Waals surface area (Å²) in [6, 6.07) is 8.08. The molecule has 7 nitrogen and oxygen atoms in total. The molecule has 1 saturated carbocycles. The van der Waals surface area contributed by atoms with Gasteiger partial charge in [-0.3, -0.25) is 9.48 Å². The van der Waals surface area contributed by atoms with Crippen LogP contribution in [0.5, 0.6) is 11.6 Å². The second-order valence-electron chi connectivity index (χ2n) is 11.5. The van der Waals surface area contributed by atoms with Crippen LogP contribution in [-0.4, -0.2) is 47.1 Å². The van der Waals surface area contributed by atoms with Crippen LogP contribution in [0.15, 0.2) is 42.7 Å². The Labute approximate surface area is 217 Å². The van der Waals surface area contributed by atoms with Crippen molar-refractivity contribution in [3.05, 3.63) is 48.3 Å². The molecule has 0 unspecified atom stereocenters. The Balaban J connectivity index is 1.68. The van der Waals surface area contributed by atoms with Gasteiger partial charge in [-0.05, 0) is 67.7 Å². The van der Waals surface area contributed by atoms with Crippen LogP contribution in [0, 0.1) is 0 Å². The van der Waals surface area contributed by atoms with Gasteiger partial charge in [0, 0.05) is 24.6 Å². The van der Waals surface area contributed by atoms with Crippen LogP contribution in [0.1, 0.15) is 59.1 Å². The third-order valence-electron chi connectivity index (χ3n) is 7.15. The van der Waals surface area contributed by atoms with Crippen molar-refractivity contribution in [2.75, 3.05) is 0 Å². The fraction of sp³-hybridized carbons (Fsp3) is 0.519. The summed E-state index contributed by atoms with van der Waals surface area (Å²) in [5, 5.41) is 7.96. The van der Waals surface area contributed by atoms with E-state index in [1.165, 1.54) is 0 Å². The number of hydrogen-bond acceptors (Lipinski definition) is 5. The van der Waals surface area contributed by atoms with Gasteiger partial charge in [-0.1, -0.05) is 20.8 Å². The van der Waals surface area contributed by atoms with Gasteiger partial charge in [0.05, 0.1) is 23.8 Å². The van der Waals surface area contributed by atoms with Crippen molar-refractivity contribution < 1.29 is 22.7 Å². The summed E-state index contributed by atoms with van der Waals surface area (Å²) in [6.07, 6.45) is 5.61. The average Bonchev–Trinajstić information content (AvgIpc) is 3.51. The van der Waals surface area contributed by atoms with Gasteiger partial charge in [0.2, 0.25) is 14.2 Å². The van der Waals surface area contributed by atoms with E-state index >= 15 is 0 Å². The second kappa shape index (κ2) is 9.70. The first-order chi connectivity index (χ1) is 17.2. The molecule has 1 amide bonds. The van der Waals surface area contributed by atoms with Crippen LogP contribution in [-0.2, 0) is 4.79 Å². The van der Waals surface area contributed by atoms with Crippen LogP contribution in [0.2, 0.25) is 18.1 Å². The highest BCUT2D eigenvalue weighted by atomic mass is 28.4. The third-order valence-corrected chi connectivity index (χ3v) is 11.5. The number of halogens is 2. The quantitative estimate of drug-likeness (QED) is 0.338. The lowest BCUT2D eigenvalue weighted by Gasteiger charge is -2.36. The van der Waals surface area contributed by atoms with Crippen LogP contribution in [0.4, 0.5) is 8.78 Å². The third kappa shape index (κ3) is 6.11. The molecule has 3 aromatic rings. The molecule has 1 aromatic carbocycles. The molecule has 1 aliphatic carbocycles. The maximum absolute atomic E-state index is 13.7. The minimum Gasteiger partial charge on any atom is -0.543 e. The molecule has 10 heteroatoms. The molecular formula is C27H36F2N4O3Si. The molecule has 2 aromatic heterocycles. The van der Waals surface area contributed by atoms with Crippen molar-refractivity contribution in [1.29, 1.82) is 0 Å². The number of carbonyl (C=O) groups is 1. The van der Waals surface area contributed by atoms with Crippen molar-refractivity contribution in [2.24, 2.45) is 0 Å². The monoisotopic (exact) mass is 530 g/mol. The molecule has 4 rings (SSSR count). The number of alkyl halides is 2.